The molecule has 1 amide bonds. The van der Waals surface area contributed by atoms with Crippen molar-refractivity contribution in [2.45, 2.75) is 20.4 Å². The van der Waals surface area contributed by atoms with Crippen LogP contribution in [0.3, 0.4) is 0 Å². The second kappa shape index (κ2) is 8.86. The van der Waals surface area contributed by atoms with E-state index in [9.17, 15) is 9.90 Å². The van der Waals surface area contributed by atoms with Gasteiger partial charge in [0, 0.05) is 5.69 Å². The Morgan fingerprint density at radius 1 is 0.900 bits per heavy atom. The summed E-state index contributed by atoms with van der Waals surface area (Å²) >= 11 is 0. The number of anilines is 1. The normalized spacial score (nSPS) is 19.0. The number of carbonyl (C=O) groups is 1. The van der Waals surface area contributed by atoms with Gasteiger partial charge >= 0.3 is 0 Å². The Morgan fingerprint density at radius 2 is 1.57 bits per heavy atom. The lowest BCUT2D eigenvalue weighted by atomic mass is 10.0. The molecule has 0 radical (unpaired) electrons. The summed E-state index contributed by atoms with van der Waals surface area (Å²) in [5.41, 5.74) is 4.17. The molecule has 5 nitrogen and oxygen atoms in total. The molecule has 1 aliphatic rings. The van der Waals surface area contributed by atoms with Crippen molar-refractivity contribution in [2.75, 3.05) is 38.0 Å². The highest BCUT2D eigenvalue weighted by Gasteiger charge is 2.26. The lowest BCUT2D eigenvalue weighted by Crippen LogP contribution is -3.28. The van der Waals surface area contributed by atoms with E-state index in [1.807, 2.05) is 50.2 Å². The first-order valence-corrected chi connectivity index (χ1v) is 10.7. The van der Waals surface area contributed by atoms with Gasteiger partial charge in [-0.3, -0.25) is 4.79 Å². The average Bonchev–Trinajstić information content (AvgIpc) is 2.74. The van der Waals surface area contributed by atoms with E-state index in [4.69, 9.17) is 0 Å². The molecule has 4 rings (SSSR count). The summed E-state index contributed by atoms with van der Waals surface area (Å²) in [6.07, 6.45) is 0. The number of carbonyl (C=O) groups excluding carboxylic acids is 1. The minimum Gasteiger partial charge on any atom is -0.507 e. The molecule has 1 heterocycles. The number of quaternary nitrogens is 2. The standard InChI is InChI=1S/C25H29N3O2/c1-18-6-5-7-19(2)25(18)26-24(30)17-28-14-12-27(13-15-28)16-22-21-9-4-3-8-20(21)10-11-23(22)29/h3-11,29H,12-17H2,1-2H3,(H,26,30)/p+2. The SMILES string of the molecule is Cc1cccc(C)c1NC(=O)C[NH+]1CC[NH+](Cc2c(O)ccc3ccccc23)CC1. The number of para-hydroxylation sites is 1. The monoisotopic (exact) mass is 405 g/mol. The number of nitrogens with one attached hydrogen (secondary N) is 3. The summed E-state index contributed by atoms with van der Waals surface area (Å²) in [5, 5.41) is 15.8. The maximum absolute atomic E-state index is 12.6. The van der Waals surface area contributed by atoms with Crippen molar-refractivity contribution in [1.29, 1.82) is 0 Å². The predicted octanol–water partition coefficient (Wildman–Crippen LogP) is 1.08. The Bertz CT molecular complexity index is 1040. The van der Waals surface area contributed by atoms with Crippen LogP contribution in [0.2, 0.25) is 0 Å². The second-order valence-corrected chi connectivity index (χ2v) is 8.45. The molecular formula is C25H31N3O2+2. The molecule has 3 aromatic rings. The van der Waals surface area contributed by atoms with Crippen molar-refractivity contribution < 1.29 is 19.7 Å². The van der Waals surface area contributed by atoms with E-state index >= 15 is 0 Å². The lowest BCUT2D eigenvalue weighted by molar-refractivity contribution is -1.01. The molecule has 1 saturated heterocycles. The molecule has 0 unspecified atom stereocenters. The highest BCUT2D eigenvalue weighted by molar-refractivity contribution is 5.93. The fourth-order valence-corrected chi connectivity index (χ4v) is 4.49. The average molecular weight is 406 g/mol. The third-order valence-electron chi connectivity index (χ3n) is 6.26. The Hall–Kier alpha value is -2.89. The number of benzene rings is 3. The van der Waals surface area contributed by atoms with Crippen molar-refractivity contribution in [3.63, 3.8) is 0 Å². The molecule has 0 saturated carbocycles. The zero-order valence-electron chi connectivity index (χ0n) is 17.8. The highest BCUT2D eigenvalue weighted by Crippen LogP contribution is 2.26. The summed E-state index contributed by atoms with van der Waals surface area (Å²) in [5.74, 6) is 0.460. The fourth-order valence-electron chi connectivity index (χ4n) is 4.49. The van der Waals surface area contributed by atoms with E-state index in [0.29, 0.717) is 12.3 Å². The third-order valence-corrected chi connectivity index (χ3v) is 6.26. The van der Waals surface area contributed by atoms with Gasteiger partial charge in [0.25, 0.3) is 5.91 Å². The summed E-state index contributed by atoms with van der Waals surface area (Å²) in [7, 11) is 0. The maximum Gasteiger partial charge on any atom is 0.279 e. The van der Waals surface area contributed by atoms with Crippen LogP contribution in [-0.4, -0.2) is 43.7 Å². The number of hydrogen-bond acceptors (Lipinski definition) is 2. The van der Waals surface area contributed by atoms with Gasteiger partial charge in [-0.05, 0) is 41.8 Å². The lowest BCUT2D eigenvalue weighted by Gasteiger charge is -2.29. The molecule has 0 atom stereocenters. The minimum atomic E-state index is 0.0811. The highest BCUT2D eigenvalue weighted by atomic mass is 16.3. The number of piperazine rings is 1. The van der Waals surface area contributed by atoms with Crippen molar-refractivity contribution >= 4 is 22.4 Å². The number of aryl methyl sites for hydroxylation is 2. The van der Waals surface area contributed by atoms with Gasteiger partial charge in [-0.25, -0.2) is 0 Å². The van der Waals surface area contributed by atoms with E-state index in [0.717, 1.165) is 65.9 Å². The molecule has 1 aliphatic heterocycles. The number of hydrogen-bond donors (Lipinski definition) is 4. The van der Waals surface area contributed by atoms with Crippen molar-refractivity contribution in [3.8, 4) is 5.75 Å². The number of aromatic hydroxyl groups is 1. The Labute approximate surface area is 177 Å². The molecule has 5 heteroatoms. The molecule has 30 heavy (non-hydrogen) atoms. The van der Waals surface area contributed by atoms with E-state index < -0.39 is 0 Å². The quantitative estimate of drug-likeness (QED) is 0.514. The minimum absolute atomic E-state index is 0.0811. The Kier molecular flexibility index (Phi) is 6.02. The van der Waals surface area contributed by atoms with E-state index in [1.54, 1.807) is 6.07 Å². The zero-order valence-corrected chi connectivity index (χ0v) is 17.8. The van der Waals surface area contributed by atoms with E-state index in [-0.39, 0.29) is 5.91 Å². The fraction of sp³-hybridized carbons (Fsp3) is 0.320. The van der Waals surface area contributed by atoms with Gasteiger partial charge in [0.15, 0.2) is 6.54 Å². The molecule has 156 valence electrons. The molecule has 0 aromatic heterocycles. The van der Waals surface area contributed by atoms with Gasteiger partial charge in [-0.15, -0.1) is 0 Å². The molecule has 1 fully saturated rings. The molecular weight excluding hydrogens is 374 g/mol. The van der Waals surface area contributed by atoms with Gasteiger partial charge in [0.1, 0.15) is 38.5 Å². The van der Waals surface area contributed by atoms with Crippen LogP contribution in [0.1, 0.15) is 16.7 Å². The first kappa shape index (κ1) is 20.4. The van der Waals surface area contributed by atoms with Crippen LogP contribution < -0.4 is 15.1 Å². The summed E-state index contributed by atoms with van der Waals surface area (Å²) in [4.78, 5) is 15.4. The number of rotatable bonds is 5. The molecule has 0 aliphatic carbocycles. The zero-order chi connectivity index (χ0) is 21.1. The van der Waals surface area contributed by atoms with Crippen LogP contribution in [0, 0.1) is 13.8 Å². The topological polar surface area (TPSA) is 58.2 Å². The van der Waals surface area contributed by atoms with Gasteiger partial charge in [-0.2, -0.15) is 0 Å². The van der Waals surface area contributed by atoms with Gasteiger partial charge in [-0.1, -0.05) is 48.5 Å². The Morgan fingerprint density at radius 3 is 2.30 bits per heavy atom. The maximum atomic E-state index is 12.6. The van der Waals surface area contributed by atoms with Crippen molar-refractivity contribution in [3.05, 3.63) is 71.3 Å². The van der Waals surface area contributed by atoms with Gasteiger partial charge in [0.05, 0.1) is 5.56 Å². The van der Waals surface area contributed by atoms with Crippen molar-refractivity contribution in [1.82, 2.24) is 0 Å². The van der Waals surface area contributed by atoms with E-state index in [1.165, 1.54) is 9.80 Å². The van der Waals surface area contributed by atoms with Crippen molar-refractivity contribution in [2.24, 2.45) is 0 Å². The number of phenols is 1. The second-order valence-electron chi connectivity index (χ2n) is 8.45. The summed E-state index contributed by atoms with van der Waals surface area (Å²) in [6, 6.07) is 18.1. The number of fused-ring (bicyclic) bond motifs is 1. The van der Waals surface area contributed by atoms with Crippen LogP contribution >= 0.6 is 0 Å². The first-order chi connectivity index (χ1) is 14.5. The molecule has 3 aromatic carbocycles. The van der Waals surface area contributed by atoms with Gasteiger partial charge < -0.3 is 20.2 Å². The summed E-state index contributed by atoms with van der Waals surface area (Å²) in [6.45, 7) is 9.28. The molecule has 0 bridgehead atoms. The van der Waals surface area contributed by atoms with E-state index in [2.05, 4.69) is 17.4 Å². The number of phenolic OH excluding ortho intramolecular Hbond substituents is 1. The van der Waals surface area contributed by atoms with Gasteiger partial charge in [0.2, 0.25) is 0 Å². The van der Waals surface area contributed by atoms with Crippen LogP contribution in [-0.2, 0) is 11.3 Å². The van der Waals surface area contributed by atoms with Crippen LogP contribution in [0.15, 0.2) is 54.6 Å². The summed E-state index contributed by atoms with van der Waals surface area (Å²) < 4.78 is 0. The first-order valence-electron chi connectivity index (χ1n) is 10.7. The third kappa shape index (κ3) is 4.48. The largest absolute Gasteiger partial charge is 0.507 e. The van der Waals surface area contributed by atoms with Crippen LogP contribution in [0.25, 0.3) is 10.8 Å². The van der Waals surface area contributed by atoms with Crippen LogP contribution in [0.4, 0.5) is 5.69 Å². The molecule has 4 N–H and O–H groups in total. The molecule has 0 spiro atoms. The smallest absolute Gasteiger partial charge is 0.279 e. The van der Waals surface area contributed by atoms with Crippen LogP contribution in [0.5, 0.6) is 5.75 Å². The number of amides is 1. The predicted molar refractivity (Wildman–Crippen MR) is 120 cm³/mol. The Balaban J connectivity index is 1.34.